The van der Waals surface area contributed by atoms with Gasteiger partial charge in [0.25, 0.3) is 0 Å². The van der Waals surface area contributed by atoms with E-state index in [4.69, 9.17) is 19.3 Å². The maximum atomic E-state index is 10.6. The molecule has 0 bridgehead atoms. The monoisotopic (exact) mass is 356 g/mol. The second-order valence-electron chi connectivity index (χ2n) is 6.52. The summed E-state index contributed by atoms with van der Waals surface area (Å²) < 4.78 is 16.7. The summed E-state index contributed by atoms with van der Waals surface area (Å²) in [4.78, 5) is 10.6. The van der Waals surface area contributed by atoms with Crippen LogP contribution in [0.3, 0.4) is 0 Å². The molecule has 1 heterocycles. The van der Waals surface area contributed by atoms with Gasteiger partial charge in [0.2, 0.25) is 0 Å². The van der Waals surface area contributed by atoms with Crippen molar-refractivity contribution in [2.75, 3.05) is 19.8 Å². The van der Waals surface area contributed by atoms with Crippen molar-refractivity contribution in [1.29, 1.82) is 0 Å². The highest BCUT2D eigenvalue weighted by Gasteiger charge is 2.31. The van der Waals surface area contributed by atoms with E-state index >= 15 is 0 Å². The van der Waals surface area contributed by atoms with Crippen molar-refractivity contribution >= 4 is 5.97 Å². The van der Waals surface area contributed by atoms with E-state index < -0.39 is 5.97 Å². The number of hydrogen-bond acceptors (Lipinski definition) is 4. The molecule has 0 amide bonds. The zero-order chi connectivity index (χ0) is 18.4. The molecule has 2 aromatic rings. The van der Waals surface area contributed by atoms with Gasteiger partial charge in [0.15, 0.2) is 12.9 Å². The molecule has 3 rings (SSSR count). The summed E-state index contributed by atoms with van der Waals surface area (Å²) in [6.45, 7) is 3.12. The molecule has 0 radical (unpaired) electrons. The molecule has 0 spiro atoms. The lowest BCUT2D eigenvalue weighted by Crippen LogP contribution is -2.26. The van der Waals surface area contributed by atoms with Crippen LogP contribution in [0.15, 0.2) is 54.6 Å². The third kappa shape index (κ3) is 4.84. The van der Waals surface area contributed by atoms with E-state index in [1.807, 2.05) is 42.5 Å². The van der Waals surface area contributed by atoms with Gasteiger partial charge in [-0.05, 0) is 35.6 Å². The second kappa shape index (κ2) is 8.83. The van der Waals surface area contributed by atoms with Crippen molar-refractivity contribution in [1.82, 2.24) is 0 Å². The van der Waals surface area contributed by atoms with E-state index in [2.05, 4.69) is 19.1 Å². The third-order valence-electron chi connectivity index (χ3n) is 4.68. The maximum absolute atomic E-state index is 10.6. The number of rotatable bonds is 8. The first kappa shape index (κ1) is 18.4. The summed E-state index contributed by atoms with van der Waals surface area (Å²) in [5.74, 6) is 0.0412. The van der Waals surface area contributed by atoms with E-state index in [0.717, 1.165) is 12.0 Å². The number of carbonyl (C=O) groups is 1. The molecule has 1 fully saturated rings. The van der Waals surface area contributed by atoms with Crippen LogP contribution in [0.1, 0.15) is 24.0 Å². The summed E-state index contributed by atoms with van der Waals surface area (Å²) in [6, 6.07) is 18.0. The quantitative estimate of drug-likeness (QED) is 0.784. The predicted molar refractivity (Wildman–Crippen MR) is 97.3 cm³/mol. The van der Waals surface area contributed by atoms with Crippen molar-refractivity contribution in [2.45, 2.75) is 25.6 Å². The zero-order valence-electron chi connectivity index (χ0n) is 14.8. The van der Waals surface area contributed by atoms with Gasteiger partial charge < -0.3 is 19.3 Å². The van der Waals surface area contributed by atoms with Crippen LogP contribution in [-0.4, -0.2) is 37.2 Å². The molecular formula is C21H24O5. The molecule has 2 aromatic carbocycles. The summed E-state index contributed by atoms with van der Waals surface area (Å²) in [6.07, 6.45) is 0.659. The van der Waals surface area contributed by atoms with E-state index in [1.54, 1.807) is 0 Å². The first-order chi connectivity index (χ1) is 12.6. The van der Waals surface area contributed by atoms with Gasteiger partial charge in [-0.1, -0.05) is 49.4 Å². The fraction of sp³-hybridized carbons (Fsp3) is 0.381. The average molecular weight is 356 g/mol. The highest BCUT2D eigenvalue weighted by molar-refractivity contribution is 5.68. The van der Waals surface area contributed by atoms with Crippen LogP contribution in [0.2, 0.25) is 0 Å². The van der Waals surface area contributed by atoms with Gasteiger partial charge in [-0.15, -0.1) is 0 Å². The van der Waals surface area contributed by atoms with Crippen LogP contribution in [0.5, 0.6) is 5.75 Å². The van der Waals surface area contributed by atoms with Gasteiger partial charge in [-0.3, -0.25) is 0 Å². The molecule has 1 aliphatic rings. The smallest absolute Gasteiger partial charge is 0.341 e. The fourth-order valence-electron chi connectivity index (χ4n) is 3.30. The van der Waals surface area contributed by atoms with Gasteiger partial charge in [-0.2, -0.15) is 0 Å². The molecule has 0 aliphatic carbocycles. The highest BCUT2D eigenvalue weighted by atomic mass is 16.7. The molecule has 2 atom stereocenters. The van der Waals surface area contributed by atoms with E-state index in [1.165, 1.54) is 5.56 Å². The van der Waals surface area contributed by atoms with E-state index in [0.29, 0.717) is 19.0 Å². The third-order valence-corrected chi connectivity index (χ3v) is 4.68. The molecule has 2 unspecified atom stereocenters. The Bertz CT molecular complexity index is 692. The van der Waals surface area contributed by atoms with Crippen LogP contribution in [0.4, 0.5) is 0 Å². The molecule has 138 valence electrons. The minimum atomic E-state index is -0.983. The average Bonchev–Trinajstić information content (AvgIpc) is 3.20. The number of carboxylic acid groups (broad SMARTS) is 1. The molecule has 0 saturated carbocycles. The second-order valence-corrected chi connectivity index (χ2v) is 6.52. The number of hydrogen-bond donors (Lipinski definition) is 1. The lowest BCUT2D eigenvalue weighted by molar-refractivity contribution is -0.139. The Balaban J connectivity index is 1.73. The maximum Gasteiger partial charge on any atom is 0.341 e. The van der Waals surface area contributed by atoms with Gasteiger partial charge >= 0.3 is 5.97 Å². The summed E-state index contributed by atoms with van der Waals surface area (Å²) >= 11 is 0. The van der Waals surface area contributed by atoms with Crippen molar-refractivity contribution in [3.63, 3.8) is 0 Å². The van der Waals surface area contributed by atoms with Crippen LogP contribution in [0, 0.1) is 5.92 Å². The lowest BCUT2D eigenvalue weighted by atomic mass is 9.82. The van der Waals surface area contributed by atoms with Gasteiger partial charge in [-0.25, -0.2) is 4.79 Å². The molecular weight excluding hydrogens is 332 g/mol. The van der Waals surface area contributed by atoms with Gasteiger partial charge in [0.1, 0.15) is 5.75 Å². The van der Waals surface area contributed by atoms with Gasteiger partial charge in [0.05, 0.1) is 13.2 Å². The van der Waals surface area contributed by atoms with Crippen molar-refractivity contribution < 1.29 is 24.1 Å². The van der Waals surface area contributed by atoms with E-state index in [9.17, 15) is 4.79 Å². The number of aliphatic carboxylic acids is 1. The van der Waals surface area contributed by atoms with Crippen molar-refractivity contribution in [3.8, 4) is 5.75 Å². The molecule has 5 heteroatoms. The Morgan fingerprint density at radius 3 is 2.38 bits per heavy atom. The van der Waals surface area contributed by atoms with E-state index in [-0.39, 0.29) is 24.7 Å². The summed E-state index contributed by atoms with van der Waals surface area (Å²) in [5, 5.41) is 8.69. The van der Waals surface area contributed by atoms with Crippen LogP contribution in [-0.2, 0) is 20.7 Å². The first-order valence-corrected chi connectivity index (χ1v) is 8.85. The van der Waals surface area contributed by atoms with Crippen molar-refractivity contribution in [2.24, 2.45) is 5.92 Å². The summed E-state index contributed by atoms with van der Waals surface area (Å²) in [5.41, 5.74) is 2.41. The molecule has 1 N–H and O–H groups in total. The fourth-order valence-corrected chi connectivity index (χ4v) is 3.30. The number of benzene rings is 2. The zero-order valence-corrected chi connectivity index (χ0v) is 14.8. The molecule has 26 heavy (non-hydrogen) atoms. The Labute approximate surface area is 153 Å². The summed E-state index contributed by atoms with van der Waals surface area (Å²) in [7, 11) is 0. The topological polar surface area (TPSA) is 65.0 Å². The number of carboxylic acids is 1. The molecule has 1 aliphatic heterocycles. The highest BCUT2D eigenvalue weighted by Crippen LogP contribution is 2.33. The molecule has 0 aromatic heterocycles. The Morgan fingerprint density at radius 1 is 1.12 bits per heavy atom. The standard InChI is InChI=1S/C21H24O5/c1-15(21-24-11-12-25-21)19(17-5-3-2-4-6-17)13-16-7-9-18(10-8-16)26-14-20(22)23/h2-10,15,19,21H,11-14H2,1H3,(H,22,23). The largest absolute Gasteiger partial charge is 0.482 e. The van der Waals surface area contributed by atoms with Crippen LogP contribution >= 0.6 is 0 Å². The normalized spacial score (nSPS) is 17.0. The van der Waals surface area contributed by atoms with Gasteiger partial charge in [0, 0.05) is 5.92 Å². The Hall–Kier alpha value is -2.37. The molecule has 1 saturated heterocycles. The minimum absolute atomic E-state index is 0.182. The number of ether oxygens (including phenoxy) is 3. The SMILES string of the molecule is CC(C1OCCO1)C(Cc1ccc(OCC(=O)O)cc1)c1ccccc1. The lowest BCUT2D eigenvalue weighted by Gasteiger charge is -2.28. The van der Waals surface area contributed by atoms with Crippen molar-refractivity contribution in [3.05, 3.63) is 65.7 Å². The first-order valence-electron chi connectivity index (χ1n) is 8.85. The van der Waals surface area contributed by atoms with Crippen LogP contribution < -0.4 is 4.74 Å². The Kier molecular flexibility index (Phi) is 6.26. The minimum Gasteiger partial charge on any atom is -0.482 e. The predicted octanol–water partition coefficient (Wildman–Crippen LogP) is 3.49. The van der Waals surface area contributed by atoms with Crippen LogP contribution in [0.25, 0.3) is 0 Å². The molecule has 5 nitrogen and oxygen atoms in total. The Morgan fingerprint density at radius 2 is 1.77 bits per heavy atom.